The molecule has 13 heteroatoms. The van der Waals surface area contributed by atoms with Gasteiger partial charge in [-0.1, -0.05) is 5.92 Å². The molecule has 0 saturated carbocycles. The van der Waals surface area contributed by atoms with Crippen LogP contribution in [0.25, 0.3) is 11.2 Å². The van der Waals surface area contributed by atoms with Gasteiger partial charge in [-0.15, -0.1) is 0 Å². The number of imidazole rings is 1. The maximum Gasteiger partial charge on any atom is 0.254 e. The minimum Gasteiger partial charge on any atom is -0.387 e. The number of carbonyl (C=O) groups is 2. The first-order valence-electron chi connectivity index (χ1n) is 11.2. The molecule has 5 N–H and O–H groups in total. The summed E-state index contributed by atoms with van der Waals surface area (Å²) >= 11 is 0. The van der Waals surface area contributed by atoms with Gasteiger partial charge >= 0.3 is 0 Å². The molecule has 1 unspecified atom stereocenters. The molecule has 0 aromatic carbocycles. The third-order valence-electron chi connectivity index (χ3n) is 5.73. The molecule has 3 aromatic rings. The second-order valence-electron chi connectivity index (χ2n) is 8.36. The summed E-state index contributed by atoms with van der Waals surface area (Å²) in [6, 6.07) is 3.15. The van der Waals surface area contributed by atoms with Gasteiger partial charge in [-0.25, -0.2) is 15.0 Å². The van der Waals surface area contributed by atoms with Crippen molar-refractivity contribution in [3.63, 3.8) is 0 Å². The van der Waals surface area contributed by atoms with Crippen molar-refractivity contribution in [3.8, 4) is 11.8 Å². The first-order valence-corrected chi connectivity index (χ1v) is 11.2. The summed E-state index contributed by atoms with van der Waals surface area (Å²) in [6.45, 7) is 3.88. The van der Waals surface area contributed by atoms with Crippen LogP contribution in [-0.2, 0) is 9.53 Å². The number of ether oxygens (including phenoxy) is 1. The molecule has 1 aliphatic heterocycles. The summed E-state index contributed by atoms with van der Waals surface area (Å²) in [7, 11) is 1.40. The van der Waals surface area contributed by atoms with Crippen LogP contribution >= 0.6 is 0 Å². The Kier molecular flexibility index (Phi) is 7.11. The fourth-order valence-electron chi connectivity index (χ4n) is 3.78. The molecule has 188 valence electrons. The van der Waals surface area contributed by atoms with Crippen LogP contribution in [0.2, 0.25) is 0 Å². The molecule has 0 aliphatic carbocycles. The summed E-state index contributed by atoms with van der Waals surface area (Å²) in [6.07, 6.45) is -0.864. The molecule has 0 radical (unpaired) electrons. The minimum atomic E-state index is -1.45. The number of fused-ring (bicyclic) bond motifs is 1. The predicted octanol–water partition coefficient (Wildman–Crippen LogP) is -0.929. The zero-order chi connectivity index (χ0) is 26.0. The summed E-state index contributed by atoms with van der Waals surface area (Å²) in [5.74, 6) is 5.07. The molecule has 0 spiro atoms. The van der Waals surface area contributed by atoms with Gasteiger partial charge in [-0.2, -0.15) is 0 Å². The average Bonchev–Trinajstić information content (AvgIpc) is 3.42. The van der Waals surface area contributed by atoms with Crippen LogP contribution in [0.1, 0.15) is 36.3 Å². The third kappa shape index (κ3) is 4.69. The number of aliphatic hydroxyl groups is 2. The van der Waals surface area contributed by atoms with Gasteiger partial charge in [0.25, 0.3) is 11.8 Å². The van der Waals surface area contributed by atoms with Crippen LogP contribution in [0.15, 0.2) is 30.9 Å². The van der Waals surface area contributed by atoms with E-state index in [1.165, 1.54) is 17.9 Å². The van der Waals surface area contributed by atoms with Gasteiger partial charge in [-0.3, -0.25) is 19.1 Å². The number of hydrogen-bond acceptors (Lipinski definition) is 10. The van der Waals surface area contributed by atoms with Crippen molar-refractivity contribution in [2.45, 2.75) is 44.4 Å². The molecule has 4 rings (SSSR count). The number of rotatable bonds is 5. The standard InChI is InChI=1S/C23H26N8O5/c1-12(2)30(22(35)13-6-8-26-9-7-13)10-4-5-14-28-19(24)15-20(29-14)31(11-27-15)23-17(33)16(32)18(36-23)21(34)25-3/h6-9,11-12,16-18,23,32-33H,10H2,1-3H3,(H,25,34)(H2,24,28,29)/t16-,17?,18-,23+/m0/s1. The summed E-state index contributed by atoms with van der Waals surface area (Å²) in [4.78, 5) is 43.1. The molecule has 0 bridgehead atoms. The minimum absolute atomic E-state index is 0.0486. The Morgan fingerprint density at radius 2 is 1.97 bits per heavy atom. The Balaban J connectivity index is 1.60. The average molecular weight is 495 g/mol. The highest BCUT2D eigenvalue weighted by atomic mass is 16.6. The third-order valence-corrected chi connectivity index (χ3v) is 5.73. The lowest BCUT2D eigenvalue weighted by Gasteiger charge is -2.24. The predicted molar refractivity (Wildman–Crippen MR) is 127 cm³/mol. The van der Waals surface area contributed by atoms with E-state index >= 15 is 0 Å². The maximum absolute atomic E-state index is 12.8. The molecule has 2 amide bonds. The van der Waals surface area contributed by atoms with Crippen LogP contribution in [-0.4, -0.2) is 89.4 Å². The summed E-state index contributed by atoms with van der Waals surface area (Å²) < 4.78 is 6.97. The molecule has 1 fully saturated rings. The second kappa shape index (κ2) is 10.2. The Morgan fingerprint density at radius 1 is 1.25 bits per heavy atom. The SMILES string of the molecule is CNC(=O)[C@H]1O[C@@H](n2cnc3c(N)nc(C#CCN(C(=O)c4ccncc4)C(C)C)nc32)C(O)[C@@H]1O. The summed E-state index contributed by atoms with van der Waals surface area (Å²) in [5.41, 5.74) is 6.99. The van der Waals surface area contributed by atoms with Gasteiger partial charge in [0, 0.05) is 31.0 Å². The van der Waals surface area contributed by atoms with E-state index < -0.39 is 30.4 Å². The number of aromatic nitrogens is 5. The van der Waals surface area contributed by atoms with E-state index in [1.54, 1.807) is 29.4 Å². The Labute approximate surface area is 206 Å². The van der Waals surface area contributed by atoms with Gasteiger partial charge in [0.05, 0.1) is 12.9 Å². The fourth-order valence-corrected chi connectivity index (χ4v) is 3.78. The highest BCUT2D eigenvalue weighted by Gasteiger charge is 2.47. The number of nitrogens with two attached hydrogens (primary N) is 1. The van der Waals surface area contributed by atoms with Crippen molar-refractivity contribution in [1.29, 1.82) is 0 Å². The first-order chi connectivity index (χ1) is 17.2. The number of likely N-dealkylation sites (N-methyl/N-ethyl adjacent to an activating group) is 1. The van der Waals surface area contributed by atoms with Crippen molar-refractivity contribution in [2.75, 3.05) is 19.3 Å². The van der Waals surface area contributed by atoms with Gasteiger partial charge in [-0.05, 0) is 31.9 Å². The first kappa shape index (κ1) is 25.0. The number of anilines is 1. The molecule has 36 heavy (non-hydrogen) atoms. The van der Waals surface area contributed by atoms with Crippen molar-refractivity contribution in [1.82, 2.24) is 34.7 Å². The van der Waals surface area contributed by atoms with Crippen LogP contribution < -0.4 is 11.1 Å². The molecular weight excluding hydrogens is 468 g/mol. The smallest absolute Gasteiger partial charge is 0.254 e. The lowest BCUT2D eigenvalue weighted by Crippen LogP contribution is -2.41. The fraction of sp³-hybridized carbons (Fsp3) is 0.391. The number of amides is 2. The van der Waals surface area contributed by atoms with E-state index in [1.807, 2.05) is 13.8 Å². The van der Waals surface area contributed by atoms with Crippen molar-refractivity contribution >= 4 is 28.8 Å². The van der Waals surface area contributed by atoms with E-state index in [2.05, 4.69) is 37.1 Å². The van der Waals surface area contributed by atoms with Gasteiger partial charge < -0.3 is 30.9 Å². The van der Waals surface area contributed by atoms with Crippen LogP contribution in [0.3, 0.4) is 0 Å². The van der Waals surface area contributed by atoms with Crippen molar-refractivity contribution in [2.24, 2.45) is 0 Å². The normalized spacial score (nSPS) is 21.3. The van der Waals surface area contributed by atoms with Crippen LogP contribution in [0.4, 0.5) is 5.82 Å². The number of nitrogen functional groups attached to an aromatic ring is 1. The molecule has 13 nitrogen and oxygen atoms in total. The van der Waals surface area contributed by atoms with E-state index in [4.69, 9.17) is 10.5 Å². The zero-order valence-corrected chi connectivity index (χ0v) is 19.9. The molecule has 4 atom stereocenters. The number of pyridine rings is 1. The Morgan fingerprint density at radius 3 is 2.64 bits per heavy atom. The molecular formula is C23H26N8O5. The molecule has 1 aliphatic rings. The number of carbonyl (C=O) groups excluding carboxylic acids is 2. The van der Waals surface area contributed by atoms with Crippen molar-refractivity contribution < 1.29 is 24.5 Å². The van der Waals surface area contributed by atoms with Gasteiger partial charge in [0.15, 0.2) is 23.8 Å². The highest BCUT2D eigenvalue weighted by molar-refractivity contribution is 5.94. The van der Waals surface area contributed by atoms with Crippen LogP contribution in [0, 0.1) is 11.8 Å². The maximum atomic E-state index is 12.8. The van der Waals surface area contributed by atoms with Crippen molar-refractivity contribution in [3.05, 3.63) is 42.2 Å². The number of nitrogens with one attached hydrogen (secondary N) is 1. The number of nitrogens with zero attached hydrogens (tertiary/aromatic N) is 6. The highest BCUT2D eigenvalue weighted by Crippen LogP contribution is 2.32. The van der Waals surface area contributed by atoms with Gasteiger partial charge in [0.1, 0.15) is 17.7 Å². The van der Waals surface area contributed by atoms with Crippen LogP contribution in [0.5, 0.6) is 0 Å². The molecule has 3 aromatic heterocycles. The molecule has 1 saturated heterocycles. The lowest BCUT2D eigenvalue weighted by molar-refractivity contribution is -0.137. The quantitative estimate of drug-likeness (QED) is 0.323. The van der Waals surface area contributed by atoms with E-state index in [-0.39, 0.29) is 41.3 Å². The van der Waals surface area contributed by atoms with Gasteiger partial charge in [0.2, 0.25) is 5.82 Å². The lowest BCUT2D eigenvalue weighted by atomic mass is 10.1. The number of aliphatic hydroxyl groups excluding tert-OH is 2. The Bertz CT molecular complexity index is 1330. The largest absolute Gasteiger partial charge is 0.387 e. The number of hydrogen-bond donors (Lipinski definition) is 4. The second-order valence-corrected chi connectivity index (χ2v) is 8.36. The molecule has 4 heterocycles. The zero-order valence-electron chi connectivity index (χ0n) is 19.9. The van der Waals surface area contributed by atoms with E-state index in [0.717, 1.165) is 0 Å². The van der Waals surface area contributed by atoms with E-state index in [0.29, 0.717) is 5.56 Å². The topological polar surface area (TPSA) is 182 Å². The summed E-state index contributed by atoms with van der Waals surface area (Å²) in [5, 5.41) is 23.1. The monoisotopic (exact) mass is 494 g/mol. The Hall–Kier alpha value is -4.12. The van der Waals surface area contributed by atoms with E-state index in [9.17, 15) is 19.8 Å².